The molecule has 2 N–H and O–H groups in total. The number of carbonyl (C=O) groups excluding carboxylic acids is 1. The topological polar surface area (TPSA) is 100 Å². The average Bonchev–Trinajstić information content (AvgIpc) is 3.00. The van der Waals surface area contributed by atoms with Crippen LogP contribution in [0, 0.1) is 0 Å². The van der Waals surface area contributed by atoms with Crippen molar-refractivity contribution in [2.75, 3.05) is 0 Å². The molecular formula is C19H16BrN3O4S. The first kappa shape index (κ1) is 20.1. The van der Waals surface area contributed by atoms with Gasteiger partial charge in [0.05, 0.1) is 12.6 Å². The van der Waals surface area contributed by atoms with E-state index in [1.54, 1.807) is 0 Å². The first-order valence-corrected chi connectivity index (χ1v) is 9.95. The molecule has 9 heteroatoms. The molecule has 1 saturated heterocycles. The quantitative estimate of drug-likeness (QED) is 0.485. The van der Waals surface area contributed by atoms with E-state index in [0.717, 1.165) is 21.8 Å². The Kier molecular flexibility index (Phi) is 6.83. The molecule has 1 atom stereocenters. The van der Waals surface area contributed by atoms with Crippen LogP contribution in [0.3, 0.4) is 0 Å². The number of benzene rings is 2. The van der Waals surface area contributed by atoms with E-state index >= 15 is 0 Å². The summed E-state index contributed by atoms with van der Waals surface area (Å²) in [5.41, 5.74) is 1.76. The first-order valence-electron chi connectivity index (χ1n) is 8.28. The van der Waals surface area contributed by atoms with Gasteiger partial charge in [0.15, 0.2) is 5.17 Å². The van der Waals surface area contributed by atoms with Crippen LogP contribution in [0.4, 0.5) is 0 Å². The van der Waals surface area contributed by atoms with E-state index in [-0.39, 0.29) is 17.5 Å². The zero-order valence-electron chi connectivity index (χ0n) is 14.5. The third-order valence-electron chi connectivity index (χ3n) is 3.69. The molecule has 28 heavy (non-hydrogen) atoms. The van der Waals surface area contributed by atoms with Crippen molar-refractivity contribution < 1.29 is 19.4 Å². The molecule has 2 aromatic carbocycles. The molecule has 1 aliphatic heterocycles. The van der Waals surface area contributed by atoms with Crippen molar-refractivity contribution in [1.82, 2.24) is 5.32 Å². The summed E-state index contributed by atoms with van der Waals surface area (Å²) in [5, 5.41) is 18.9. The predicted molar refractivity (Wildman–Crippen MR) is 112 cm³/mol. The van der Waals surface area contributed by atoms with Gasteiger partial charge in [0.1, 0.15) is 17.6 Å². The third-order valence-corrected chi connectivity index (χ3v) is 5.26. The second kappa shape index (κ2) is 9.52. The van der Waals surface area contributed by atoms with Gasteiger partial charge in [-0.3, -0.25) is 9.59 Å². The largest absolute Gasteiger partial charge is 0.488 e. The highest BCUT2D eigenvalue weighted by Gasteiger charge is 2.32. The minimum absolute atomic E-state index is 0.262. The number of carbonyl (C=O) groups is 2. The summed E-state index contributed by atoms with van der Waals surface area (Å²) in [6.07, 6.45) is 1.26. The summed E-state index contributed by atoms with van der Waals surface area (Å²) < 4.78 is 6.74. The van der Waals surface area contributed by atoms with E-state index in [4.69, 9.17) is 9.84 Å². The number of hydrogen-bond donors (Lipinski definition) is 2. The highest BCUT2D eigenvalue weighted by molar-refractivity contribution is 9.10. The van der Waals surface area contributed by atoms with Crippen molar-refractivity contribution in [1.29, 1.82) is 0 Å². The maximum Gasteiger partial charge on any atom is 0.305 e. The molecule has 144 valence electrons. The number of nitrogens with zero attached hydrogens (tertiary/aromatic N) is 2. The fourth-order valence-electron chi connectivity index (χ4n) is 2.38. The SMILES string of the molecule is O=C(O)C[C@H]1S/C(=N/N=C\c2cc(Br)ccc2OCc2ccccc2)NC1=O. The maximum absolute atomic E-state index is 11.7. The fraction of sp³-hybridized carbons (Fsp3) is 0.158. The standard InChI is InChI=1S/C19H16BrN3O4S/c20-14-6-7-15(27-11-12-4-2-1-3-5-12)13(8-14)10-21-23-19-22-18(26)16(28-19)9-17(24)25/h1-8,10,16H,9,11H2,(H,24,25)(H,22,23,26)/b21-10-/t16-/m1/s1. The lowest BCUT2D eigenvalue weighted by molar-refractivity contribution is -0.138. The zero-order chi connectivity index (χ0) is 19.9. The Morgan fingerprint density at radius 3 is 2.82 bits per heavy atom. The predicted octanol–water partition coefficient (Wildman–Crippen LogP) is 3.42. The Balaban J connectivity index is 1.68. The summed E-state index contributed by atoms with van der Waals surface area (Å²) in [5.74, 6) is -0.773. The van der Waals surface area contributed by atoms with E-state index in [1.165, 1.54) is 6.21 Å². The van der Waals surface area contributed by atoms with Crippen molar-refractivity contribution in [2.45, 2.75) is 18.3 Å². The monoisotopic (exact) mass is 461 g/mol. The number of hydrogen-bond acceptors (Lipinski definition) is 6. The smallest absolute Gasteiger partial charge is 0.305 e. The minimum atomic E-state index is -1.04. The van der Waals surface area contributed by atoms with Gasteiger partial charge in [0.25, 0.3) is 0 Å². The first-order chi connectivity index (χ1) is 13.5. The lowest BCUT2D eigenvalue weighted by Crippen LogP contribution is -2.26. The van der Waals surface area contributed by atoms with E-state index in [2.05, 4.69) is 31.4 Å². The molecule has 1 aliphatic rings. The molecule has 0 unspecified atom stereocenters. The second-order valence-electron chi connectivity index (χ2n) is 5.80. The van der Waals surface area contributed by atoms with Gasteiger partial charge < -0.3 is 15.2 Å². The molecule has 0 aliphatic carbocycles. The van der Waals surface area contributed by atoms with Crippen molar-refractivity contribution in [2.24, 2.45) is 10.2 Å². The Morgan fingerprint density at radius 1 is 1.29 bits per heavy atom. The third kappa shape index (κ3) is 5.67. The van der Waals surface area contributed by atoms with E-state index in [9.17, 15) is 9.59 Å². The summed E-state index contributed by atoms with van der Waals surface area (Å²) in [6.45, 7) is 0.417. The van der Waals surface area contributed by atoms with Crippen LogP contribution in [0.1, 0.15) is 17.5 Å². The summed E-state index contributed by atoms with van der Waals surface area (Å²) in [4.78, 5) is 22.5. The summed E-state index contributed by atoms with van der Waals surface area (Å²) in [7, 11) is 0. The molecule has 1 amide bonds. The number of rotatable bonds is 7. The average molecular weight is 462 g/mol. The number of aliphatic carboxylic acids is 1. The van der Waals surface area contributed by atoms with Gasteiger partial charge in [-0.15, -0.1) is 5.10 Å². The molecule has 0 radical (unpaired) electrons. The van der Waals surface area contributed by atoms with Gasteiger partial charge in [-0.05, 0) is 23.8 Å². The zero-order valence-corrected chi connectivity index (χ0v) is 16.9. The van der Waals surface area contributed by atoms with Crippen LogP contribution in [-0.2, 0) is 16.2 Å². The number of thioether (sulfide) groups is 1. The molecule has 0 saturated carbocycles. The number of amidine groups is 1. The van der Waals surface area contributed by atoms with E-state index < -0.39 is 11.2 Å². The van der Waals surface area contributed by atoms with Crippen molar-refractivity contribution >= 4 is 51.0 Å². The number of nitrogens with one attached hydrogen (secondary N) is 1. The highest BCUT2D eigenvalue weighted by atomic mass is 79.9. The lowest BCUT2D eigenvalue weighted by Gasteiger charge is -2.09. The Labute approximate surface area is 174 Å². The number of carboxylic acids is 1. The van der Waals surface area contributed by atoms with Crippen molar-refractivity contribution in [3.8, 4) is 5.75 Å². The normalized spacial score (nSPS) is 17.8. The van der Waals surface area contributed by atoms with Gasteiger partial charge in [-0.1, -0.05) is 58.0 Å². The van der Waals surface area contributed by atoms with Crippen LogP contribution in [-0.4, -0.2) is 33.6 Å². The van der Waals surface area contributed by atoms with Gasteiger partial charge in [0, 0.05) is 10.0 Å². The molecule has 0 aromatic heterocycles. The van der Waals surface area contributed by atoms with Gasteiger partial charge in [0.2, 0.25) is 5.91 Å². The lowest BCUT2D eigenvalue weighted by atomic mass is 10.2. The number of halogens is 1. The van der Waals surface area contributed by atoms with Gasteiger partial charge in [-0.2, -0.15) is 5.10 Å². The summed E-state index contributed by atoms with van der Waals surface area (Å²) >= 11 is 4.47. The van der Waals surface area contributed by atoms with Crippen LogP contribution < -0.4 is 10.1 Å². The molecule has 2 aromatic rings. The maximum atomic E-state index is 11.7. The van der Waals surface area contributed by atoms with Crippen molar-refractivity contribution in [3.63, 3.8) is 0 Å². The van der Waals surface area contributed by atoms with Crippen molar-refractivity contribution in [3.05, 3.63) is 64.1 Å². The summed E-state index contributed by atoms with van der Waals surface area (Å²) in [6, 6.07) is 15.3. The van der Waals surface area contributed by atoms with E-state index in [1.807, 2.05) is 48.5 Å². The molecule has 0 bridgehead atoms. The molecule has 1 heterocycles. The Bertz CT molecular complexity index is 934. The van der Waals surface area contributed by atoms with Crippen LogP contribution in [0.25, 0.3) is 0 Å². The van der Waals surface area contributed by atoms with Crippen LogP contribution >= 0.6 is 27.7 Å². The second-order valence-corrected chi connectivity index (χ2v) is 7.91. The van der Waals surface area contributed by atoms with Gasteiger partial charge >= 0.3 is 5.97 Å². The minimum Gasteiger partial charge on any atom is -0.488 e. The van der Waals surface area contributed by atoms with Crippen LogP contribution in [0.2, 0.25) is 0 Å². The molecule has 3 rings (SSSR count). The van der Waals surface area contributed by atoms with E-state index in [0.29, 0.717) is 17.9 Å². The van der Waals surface area contributed by atoms with Crippen LogP contribution in [0.15, 0.2) is 63.2 Å². The fourth-order valence-corrected chi connectivity index (χ4v) is 3.67. The molecule has 1 fully saturated rings. The molecular weight excluding hydrogens is 446 g/mol. The molecule has 7 nitrogen and oxygen atoms in total. The highest BCUT2D eigenvalue weighted by Crippen LogP contribution is 2.24. The number of amides is 1. The number of ether oxygens (including phenoxy) is 1. The van der Waals surface area contributed by atoms with Gasteiger partial charge in [-0.25, -0.2) is 0 Å². The number of carboxylic acid groups (broad SMARTS) is 1. The molecule has 0 spiro atoms. The van der Waals surface area contributed by atoms with Crippen LogP contribution in [0.5, 0.6) is 5.75 Å². The Morgan fingerprint density at radius 2 is 2.07 bits per heavy atom. The Hall–Kier alpha value is -2.65.